The van der Waals surface area contributed by atoms with Crippen LogP contribution in [0.25, 0.3) is 0 Å². The van der Waals surface area contributed by atoms with Crippen LogP contribution in [0.5, 0.6) is 0 Å². The van der Waals surface area contributed by atoms with Crippen LogP contribution in [-0.4, -0.2) is 89.0 Å². The molecule has 1 heterocycles. The third kappa shape index (κ3) is 33.5. The summed E-state index contributed by atoms with van der Waals surface area (Å²) in [5, 5.41) is 40.1. The molecule has 0 aromatic heterocycles. The standard InChI is InChI=1S/C53H84O10/c1-3-5-7-9-11-13-15-17-19-21-23-25-27-29-31-33-35-37-39-41-48(55)60-44-46(45-61-53-52(59)51(58)50(57)47(43-54)63-53)62-49(56)42-40-38-36-34-32-30-28-26-24-22-20-18-16-14-12-10-8-6-4-2/h11-14,17-20,23-26,29-32,35,37,46-47,50-54,57-59H,3-10,15-16,21-22,27-28,33-34,36,38-45H2,1-2H3/b13-11+,14-12+,19-17+,20-18+,25-23+,26-24+,31-29+,32-30+,37-35+/t46-,47-,50+,51?,52?,53-/m0/s1. The fraction of sp³-hybridized carbons (Fsp3) is 0.623. The molecule has 1 aliphatic rings. The molecule has 0 spiro atoms. The molecule has 0 aromatic rings. The lowest BCUT2D eigenvalue weighted by atomic mass is 9.99. The number of hydrogen-bond acceptors (Lipinski definition) is 10. The minimum absolute atomic E-state index is 0.138. The Balaban J connectivity index is 2.40. The molecule has 0 bridgehead atoms. The van der Waals surface area contributed by atoms with Gasteiger partial charge in [-0.1, -0.05) is 155 Å². The second-order valence-corrected chi connectivity index (χ2v) is 15.8. The van der Waals surface area contributed by atoms with Gasteiger partial charge >= 0.3 is 11.9 Å². The molecule has 10 nitrogen and oxygen atoms in total. The molecule has 63 heavy (non-hydrogen) atoms. The third-order valence-corrected chi connectivity index (χ3v) is 10.1. The highest BCUT2D eigenvalue weighted by Crippen LogP contribution is 2.22. The minimum atomic E-state index is -1.62. The summed E-state index contributed by atoms with van der Waals surface area (Å²) in [5.41, 5.74) is 0. The summed E-state index contributed by atoms with van der Waals surface area (Å²) in [6, 6.07) is 0. The first kappa shape index (κ1) is 57.4. The van der Waals surface area contributed by atoms with Crippen molar-refractivity contribution in [3.8, 4) is 0 Å². The van der Waals surface area contributed by atoms with Gasteiger partial charge in [-0.05, 0) is 96.3 Å². The summed E-state index contributed by atoms with van der Waals surface area (Å²) >= 11 is 0. The fourth-order valence-electron chi connectivity index (χ4n) is 6.33. The molecule has 0 amide bonds. The predicted octanol–water partition coefficient (Wildman–Crippen LogP) is 10.9. The van der Waals surface area contributed by atoms with Gasteiger partial charge in [0.15, 0.2) is 12.4 Å². The number of carbonyl (C=O) groups excluding carboxylic acids is 2. The highest BCUT2D eigenvalue weighted by molar-refractivity contribution is 5.70. The Morgan fingerprint density at radius 3 is 1.37 bits per heavy atom. The van der Waals surface area contributed by atoms with Crippen molar-refractivity contribution in [1.29, 1.82) is 0 Å². The summed E-state index contributed by atoms with van der Waals surface area (Å²) in [5.74, 6) is -0.950. The van der Waals surface area contributed by atoms with Gasteiger partial charge in [-0.2, -0.15) is 0 Å². The van der Waals surface area contributed by atoms with E-state index in [1.54, 1.807) is 0 Å². The number of allylic oxidation sites excluding steroid dienone is 18. The largest absolute Gasteiger partial charge is 0.462 e. The molecule has 0 saturated carbocycles. The third-order valence-electron chi connectivity index (χ3n) is 10.1. The van der Waals surface area contributed by atoms with E-state index in [0.29, 0.717) is 12.8 Å². The van der Waals surface area contributed by atoms with E-state index < -0.39 is 55.4 Å². The molecule has 1 rings (SSSR count). The van der Waals surface area contributed by atoms with Crippen LogP contribution in [0.2, 0.25) is 0 Å². The highest BCUT2D eigenvalue weighted by Gasteiger charge is 2.44. The lowest BCUT2D eigenvalue weighted by Gasteiger charge is -2.39. The van der Waals surface area contributed by atoms with Crippen molar-refractivity contribution in [3.63, 3.8) is 0 Å². The van der Waals surface area contributed by atoms with Gasteiger partial charge in [0.2, 0.25) is 0 Å². The van der Waals surface area contributed by atoms with Crippen molar-refractivity contribution < 1.29 is 49.0 Å². The summed E-state index contributed by atoms with van der Waals surface area (Å²) in [7, 11) is 0. The molecule has 1 saturated heterocycles. The summed E-state index contributed by atoms with van der Waals surface area (Å²) in [6.07, 6.45) is 51.0. The average Bonchev–Trinajstić information content (AvgIpc) is 3.28. The zero-order valence-electron chi connectivity index (χ0n) is 38.8. The van der Waals surface area contributed by atoms with E-state index in [0.717, 1.165) is 64.2 Å². The average molecular weight is 881 g/mol. The number of rotatable bonds is 38. The molecule has 10 heteroatoms. The number of carbonyl (C=O) groups is 2. The Hall–Kier alpha value is -3.64. The molecule has 2 unspecified atom stereocenters. The van der Waals surface area contributed by atoms with E-state index in [4.69, 9.17) is 18.9 Å². The van der Waals surface area contributed by atoms with Crippen molar-refractivity contribution in [1.82, 2.24) is 0 Å². The van der Waals surface area contributed by atoms with Crippen LogP contribution in [0.4, 0.5) is 0 Å². The highest BCUT2D eigenvalue weighted by atomic mass is 16.7. The van der Waals surface area contributed by atoms with Crippen LogP contribution < -0.4 is 0 Å². The zero-order valence-corrected chi connectivity index (χ0v) is 38.8. The number of hydrogen-bond donors (Lipinski definition) is 4. The normalized spacial score (nSPS) is 20.5. The SMILES string of the molecule is CCCCC/C=C/C/C=C/C/C=C/C/C=C/C/C=C/CCC(=O)OC[C@@H](CO[C@H]1O[C@@H](CO)[C@@H](O)C(O)C1O)OC(=O)CCCCC/C=C/C/C=C/C/C=C/C/C=C/CCCCC. The van der Waals surface area contributed by atoms with Gasteiger partial charge in [0.05, 0.1) is 13.2 Å². The quantitative estimate of drug-likeness (QED) is 0.0268. The first-order valence-electron chi connectivity index (χ1n) is 24.0. The number of aliphatic hydroxyl groups excluding tert-OH is 4. The molecule has 0 radical (unpaired) electrons. The molecule has 6 atom stereocenters. The van der Waals surface area contributed by atoms with Gasteiger partial charge in [0.25, 0.3) is 0 Å². The minimum Gasteiger partial charge on any atom is -0.462 e. The second-order valence-electron chi connectivity index (χ2n) is 15.8. The van der Waals surface area contributed by atoms with E-state index in [1.807, 2.05) is 12.2 Å². The fourth-order valence-corrected chi connectivity index (χ4v) is 6.33. The molecular weight excluding hydrogens is 797 g/mol. The monoisotopic (exact) mass is 881 g/mol. The lowest BCUT2D eigenvalue weighted by molar-refractivity contribution is -0.305. The molecule has 1 fully saturated rings. The maximum Gasteiger partial charge on any atom is 0.306 e. The number of esters is 2. The summed E-state index contributed by atoms with van der Waals surface area (Å²) in [4.78, 5) is 25.4. The van der Waals surface area contributed by atoms with Crippen molar-refractivity contribution >= 4 is 11.9 Å². The Morgan fingerprint density at radius 2 is 0.921 bits per heavy atom. The summed E-state index contributed by atoms with van der Waals surface area (Å²) in [6.45, 7) is 3.24. The van der Waals surface area contributed by atoms with E-state index in [1.165, 1.54) is 51.4 Å². The van der Waals surface area contributed by atoms with Crippen LogP contribution in [0, 0.1) is 0 Å². The van der Waals surface area contributed by atoms with Crippen molar-refractivity contribution in [2.24, 2.45) is 0 Å². The van der Waals surface area contributed by atoms with Crippen LogP contribution in [0.15, 0.2) is 109 Å². The van der Waals surface area contributed by atoms with Crippen molar-refractivity contribution in [2.45, 2.75) is 192 Å². The van der Waals surface area contributed by atoms with E-state index in [9.17, 15) is 30.0 Å². The molecule has 356 valence electrons. The number of aliphatic hydroxyl groups is 4. The first-order chi connectivity index (χ1) is 30.8. The maximum absolute atomic E-state index is 12.8. The predicted molar refractivity (Wildman–Crippen MR) is 256 cm³/mol. The topological polar surface area (TPSA) is 152 Å². The van der Waals surface area contributed by atoms with Crippen LogP contribution in [-0.2, 0) is 28.5 Å². The summed E-state index contributed by atoms with van der Waals surface area (Å²) < 4.78 is 22.1. The van der Waals surface area contributed by atoms with Gasteiger partial charge in [0, 0.05) is 12.8 Å². The first-order valence-corrected chi connectivity index (χ1v) is 24.0. The Kier molecular flexibility index (Phi) is 38.5. The van der Waals surface area contributed by atoms with Crippen LogP contribution >= 0.6 is 0 Å². The molecule has 0 aromatic carbocycles. The molecule has 4 N–H and O–H groups in total. The van der Waals surface area contributed by atoms with Crippen LogP contribution in [0.1, 0.15) is 155 Å². The molecule has 1 aliphatic heterocycles. The van der Waals surface area contributed by atoms with Crippen molar-refractivity contribution in [2.75, 3.05) is 19.8 Å². The Labute approximate surface area is 380 Å². The van der Waals surface area contributed by atoms with E-state index >= 15 is 0 Å². The zero-order chi connectivity index (χ0) is 45.9. The maximum atomic E-state index is 12.8. The van der Waals surface area contributed by atoms with Gasteiger partial charge in [0.1, 0.15) is 31.0 Å². The lowest BCUT2D eigenvalue weighted by Crippen LogP contribution is -2.59. The van der Waals surface area contributed by atoms with Crippen molar-refractivity contribution in [3.05, 3.63) is 109 Å². The Bertz CT molecular complexity index is 1390. The van der Waals surface area contributed by atoms with Gasteiger partial charge < -0.3 is 39.4 Å². The Morgan fingerprint density at radius 1 is 0.492 bits per heavy atom. The number of ether oxygens (including phenoxy) is 4. The van der Waals surface area contributed by atoms with Gasteiger partial charge in [-0.15, -0.1) is 0 Å². The number of unbranched alkanes of at least 4 members (excludes halogenated alkanes) is 9. The van der Waals surface area contributed by atoms with Gasteiger partial charge in [-0.3, -0.25) is 9.59 Å². The smallest absolute Gasteiger partial charge is 0.306 e. The van der Waals surface area contributed by atoms with Crippen LogP contribution in [0.3, 0.4) is 0 Å². The van der Waals surface area contributed by atoms with Gasteiger partial charge in [-0.25, -0.2) is 0 Å². The molecule has 0 aliphatic carbocycles. The molecular formula is C53H84O10. The second kappa shape index (κ2) is 42.3. The van der Waals surface area contributed by atoms with E-state index in [2.05, 4.69) is 111 Å². The van der Waals surface area contributed by atoms with E-state index in [-0.39, 0.29) is 26.1 Å².